The summed E-state index contributed by atoms with van der Waals surface area (Å²) in [6.07, 6.45) is 1.72. The van der Waals surface area contributed by atoms with Crippen LogP contribution >= 0.6 is 0 Å². The molecule has 0 unspecified atom stereocenters. The van der Waals surface area contributed by atoms with E-state index in [4.69, 9.17) is 9.47 Å². The van der Waals surface area contributed by atoms with Gasteiger partial charge >= 0.3 is 0 Å². The van der Waals surface area contributed by atoms with Crippen LogP contribution in [0.3, 0.4) is 0 Å². The molecule has 140 valence electrons. The average Bonchev–Trinajstić information content (AvgIpc) is 3.19. The van der Waals surface area contributed by atoms with Crippen LogP contribution in [0.5, 0.6) is 11.5 Å². The van der Waals surface area contributed by atoms with Crippen molar-refractivity contribution in [1.82, 2.24) is 20.2 Å². The third-order valence-corrected chi connectivity index (χ3v) is 3.72. The minimum absolute atomic E-state index is 0.129. The molecule has 1 amide bonds. The highest BCUT2D eigenvalue weighted by Gasteiger charge is 2.10. The average molecular weight is 367 g/mol. The Labute approximate surface area is 157 Å². The molecule has 1 aromatic heterocycles. The maximum Gasteiger partial charge on any atom is 0.228 e. The van der Waals surface area contributed by atoms with Crippen molar-refractivity contribution in [2.45, 2.75) is 20.3 Å². The van der Waals surface area contributed by atoms with Crippen molar-refractivity contribution in [3.05, 3.63) is 54.4 Å². The first-order chi connectivity index (χ1) is 13.2. The standard InChI is InChI=1S/C19H21N5O3/c1-3-26-17-9-8-14(10-18(17)27-4-2)11-19(25)21-15-6-5-7-16(12-15)24-13-20-22-23-24/h5-10,12-13H,3-4,11H2,1-2H3,(H,21,25). The smallest absolute Gasteiger partial charge is 0.228 e. The molecular weight excluding hydrogens is 346 g/mol. The molecule has 0 saturated carbocycles. The summed E-state index contributed by atoms with van der Waals surface area (Å²) in [6.45, 7) is 4.91. The molecule has 0 radical (unpaired) electrons. The Morgan fingerprint density at radius 2 is 1.89 bits per heavy atom. The zero-order chi connectivity index (χ0) is 19.1. The first-order valence-corrected chi connectivity index (χ1v) is 8.71. The molecule has 0 aliphatic rings. The zero-order valence-electron chi connectivity index (χ0n) is 15.3. The molecule has 3 rings (SSSR count). The lowest BCUT2D eigenvalue weighted by Crippen LogP contribution is -2.14. The number of benzene rings is 2. The van der Waals surface area contributed by atoms with Crippen molar-refractivity contribution in [1.29, 1.82) is 0 Å². The van der Waals surface area contributed by atoms with Crippen LogP contribution in [0.4, 0.5) is 5.69 Å². The molecule has 0 bridgehead atoms. The summed E-state index contributed by atoms with van der Waals surface area (Å²) in [5.74, 6) is 1.19. The van der Waals surface area contributed by atoms with E-state index in [9.17, 15) is 4.79 Å². The van der Waals surface area contributed by atoms with E-state index in [1.807, 2.05) is 50.2 Å². The quantitative estimate of drug-likeness (QED) is 0.658. The van der Waals surface area contributed by atoms with Gasteiger partial charge in [0.1, 0.15) is 6.33 Å². The molecule has 0 saturated heterocycles. The number of hydrogen-bond acceptors (Lipinski definition) is 6. The monoisotopic (exact) mass is 367 g/mol. The van der Waals surface area contributed by atoms with E-state index in [-0.39, 0.29) is 12.3 Å². The van der Waals surface area contributed by atoms with Gasteiger partial charge < -0.3 is 14.8 Å². The third kappa shape index (κ3) is 4.81. The number of ether oxygens (including phenoxy) is 2. The molecular formula is C19H21N5O3. The van der Waals surface area contributed by atoms with Crippen LogP contribution in [0.25, 0.3) is 5.69 Å². The topological polar surface area (TPSA) is 91.2 Å². The largest absolute Gasteiger partial charge is 0.490 e. The van der Waals surface area contributed by atoms with Crippen LogP contribution in [0.2, 0.25) is 0 Å². The van der Waals surface area contributed by atoms with Gasteiger partial charge in [-0.1, -0.05) is 12.1 Å². The Morgan fingerprint density at radius 1 is 1.07 bits per heavy atom. The Kier molecular flexibility index (Phi) is 5.98. The lowest BCUT2D eigenvalue weighted by Gasteiger charge is -2.12. The lowest BCUT2D eigenvalue weighted by molar-refractivity contribution is -0.115. The number of anilines is 1. The van der Waals surface area contributed by atoms with Crippen molar-refractivity contribution < 1.29 is 14.3 Å². The van der Waals surface area contributed by atoms with E-state index >= 15 is 0 Å². The van der Waals surface area contributed by atoms with Crippen LogP contribution in [0, 0.1) is 0 Å². The first kappa shape index (κ1) is 18.4. The number of amides is 1. The number of nitrogens with zero attached hydrogens (tertiary/aromatic N) is 4. The predicted octanol–water partition coefficient (Wildman–Crippen LogP) is 2.64. The van der Waals surface area contributed by atoms with E-state index in [0.29, 0.717) is 30.4 Å². The number of tetrazole rings is 1. The van der Waals surface area contributed by atoms with Gasteiger partial charge in [0.05, 0.1) is 25.3 Å². The normalized spacial score (nSPS) is 10.4. The first-order valence-electron chi connectivity index (χ1n) is 8.71. The summed E-state index contributed by atoms with van der Waals surface area (Å²) in [4.78, 5) is 12.4. The summed E-state index contributed by atoms with van der Waals surface area (Å²) in [5.41, 5.74) is 2.28. The second kappa shape index (κ2) is 8.79. The van der Waals surface area contributed by atoms with Crippen molar-refractivity contribution in [3.63, 3.8) is 0 Å². The maximum atomic E-state index is 12.4. The van der Waals surface area contributed by atoms with Gasteiger partial charge in [-0.25, -0.2) is 4.68 Å². The van der Waals surface area contributed by atoms with E-state index < -0.39 is 0 Å². The second-order valence-corrected chi connectivity index (χ2v) is 5.68. The summed E-state index contributed by atoms with van der Waals surface area (Å²) in [7, 11) is 0. The molecule has 0 aliphatic carbocycles. The van der Waals surface area contributed by atoms with Crippen LogP contribution in [-0.4, -0.2) is 39.3 Å². The third-order valence-electron chi connectivity index (χ3n) is 3.72. The Hall–Kier alpha value is -3.42. The van der Waals surface area contributed by atoms with Gasteiger partial charge in [0.15, 0.2) is 11.5 Å². The molecule has 1 heterocycles. The van der Waals surface area contributed by atoms with E-state index in [1.165, 1.54) is 11.0 Å². The molecule has 27 heavy (non-hydrogen) atoms. The Bertz CT molecular complexity index is 896. The van der Waals surface area contributed by atoms with E-state index in [1.54, 1.807) is 6.07 Å². The fourth-order valence-electron chi connectivity index (χ4n) is 2.60. The number of aromatic nitrogens is 4. The summed E-state index contributed by atoms with van der Waals surface area (Å²) in [5, 5.41) is 14.0. The van der Waals surface area contributed by atoms with Gasteiger partial charge in [0.25, 0.3) is 0 Å². The zero-order valence-corrected chi connectivity index (χ0v) is 15.3. The number of carbonyl (C=O) groups is 1. The molecule has 3 aromatic rings. The fourth-order valence-corrected chi connectivity index (χ4v) is 2.60. The molecule has 8 heteroatoms. The summed E-state index contributed by atoms with van der Waals surface area (Å²) >= 11 is 0. The predicted molar refractivity (Wildman–Crippen MR) is 100 cm³/mol. The number of hydrogen-bond donors (Lipinski definition) is 1. The van der Waals surface area contributed by atoms with Gasteiger partial charge in [0.2, 0.25) is 5.91 Å². The van der Waals surface area contributed by atoms with Crippen molar-refractivity contribution in [2.75, 3.05) is 18.5 Å². The fraction of sp³-hybridized carbons (Fsp3) is 0.263. The molecule has 8 nitrogen and oxygen atoms in total. The molecule has 2 aromatic carbocycles. The molecule has 0 atom stereocenters. The lowest BCUT2D eigenvalue weighted by atomic mass is 10.1. The number of carbonyl (C=O) groups excluding carboxylic acids is 1. The van der Waals surface area contributed by atoms with Crippen molar-refractivity contribution in [2.24, 2.45) is 0 Å². The van der Waals surface area contributed by atoms with E-state index in [2.05, 4.69) is 20.8 Å². The van der Waals surface area contributed by atoms with Gasteiger partial charge in [0, 0.05) is 5.69 Å². The maximum absolute atomic E-state index is 12.4. The van der Waals surface area contributed by atoms with Crippen molar-refractivity contribution >= 4 is 11.6 Å². The summed E-state index contributed by atoms with van der Waals surface area (Å²) in [6, 6.07) is 12.8. The second-order valence-electron chi connectivity index (χ2n) is 5.68. The van der Waals surface area contributed by atoms with Crippen LogP contribution in [-0.2, 0) is 11.2 Å². The highest BCUT2D eigenvalue weighted by atomic mass is 16.5. The van der Waals surface area contributed by atoms with Crippen LogP contribution in [0.15, 0.2) is 48.8 Å². The SMILES string of the molecule is CCOc1ccc(CC(=O)Nc2cccc(-n3cnnn3)c2)cc1OCC. The Balaban J connectivity index is 1.69. The van der Waals surface area contributed by atoms with Crippen LogP contribution < -0.4 is 14.8 Å². The minimum Gasteiger partial charge on any atom is -0.490 e. The summed E-state index contributed by atoms with van der Waals surface area (Å²) < 4.78 is 12.7. The van der Waals surface area contributed by atoms with Crippen molar-refractivity contribution in [3.8, 4) is 17.2 Å². The van der Waals surface area contributed by atoms with Gasteiger partial charge in [-0.15, -0.1) is 5.10 Å². The van der Waals surface area contributed by atoms with Gasteiger partial charge in [-0.05, 0) is 60.2 Å². The number of rotatable bonds is 8. The highest BCUT2D eigenvalue weighted by molar-refractivity contribution is 5.92. The molecule has 0 fully saturated rings. The molecule has 0 aliphatic heterocycles. The van der Waals surface area contributed by atoms with Gasteiger partial charge in [-0.2, -0.15) is 0 Å². The van der Waals surface area contributed by atoms with Crippen LogP contribution in [0.1, 0.15) is 19.4 Å². The minimum atomic E-state index is -0.129. The molecule has 0 spiro atoms. The van der Waals surface area contributed by atoms with E-state index in [0.717, 1.165) is 11.3 Å². The van der Waals surface area contributed by atoms with Gasteiger partial charge in [-0.3, -0.25) is 4.79 Å². The molecule has 1 N–H and O–H groups in total. The Morgan fingerprint density at radius 3 is 2.63 bits per heavy atom. The number of nitrogens with one attached hydrogen (secondary N) is 1. The highest BCUT2D eigenvalue weighted by Crippen LogP contribution is 2.28.